The highest BCUT2D eigenvalue weighted by molar-refractivity contribution is 5.91. The molecule has 0 radical (unpaired) electrons. The van der Waals surface area contributed by atoms with Gasteiger partial charge in [-0.25, -0.2) is 9.59 Å². The Labute approximate surface area is 435 Å². The second-order valence-corrected chi connectivity index (χ2v) is 20.2. The van der Waals surface area contributed by atoms with Gasteiger partial charge in [-0.2, -0.15) is 0 Å². The summed E-state index contributed by atoms with van der Waals surface area (Å²) in [4.78, 5) is 27.3. The molecule has 0 fully saturated rings. The molecule has 0 heterocycles. The van der Waals surface area contributed by atoms with Crippen LogP contribution in [0.25, 0.3) is 0 Å². The average molecular weight is 989 g/mol. The van der Waals surface area contributed by atoms with Crippen LogP contribution in [0.1, 0.15) is 247 Å². The Kier molecular flexibility index (Phi) is 27.1. The molecule has 0 saturated heterocycles. The van der Waals surface area contributed by atoms with E-state index in [9.17, 15) is 9.59 Å². The molecular formula is C64H92O8. The third-order valence-corrected chi connectivity index (χ3v) is 14.2. The van der Waals surface area contributed by atoms with Crippen LogP contribution in [0.15, 0.2) is 60.7 Å². The van der Waals surface area contributed by atoms with Gasteiger partial charge in [0.2, 0.25) is 0 Å². The molecule has 0 atom stereocenters. The number of carbonyl (C=O) groups is 2. The molecule has 396 valence electrons. The Morgan fingerprint density at radius 3 is 0.792 bits per heavy atom. The fraction of sp³-hybridized carbons (Fsp3) is 0.594. The van der Waals surface area contributed by atoms with Crippen molar-refractivity contribution in [2.45, 2.75) is 207 Å². The predicted octanol–water partition coefficient (Wildman–Crippen LogP) is 16.9. The molecule has 0 unspecified atom stereocenters. The summed E-state index contributed by atoms with van der Waals surface area (Å²) in [6.07, 6.45) is 29.6. The molecule has 0 aliphatic heterocycles. The first-order valence-corrected chi connectivity index (χ1v) is 28.6. The van der Waals surface area contributed by atoms with Crippen LogP contribution in [-0.4, -0.2) is 52.6 Å². The SMILES string of the molecule is CCCCCCCCOc1c2cccc1Cc1cc(C(=O)OC)cc(c1OCCCCCCCC)Cc1cccc(c1OCCCCCCCC)Cc1cc(C(=O)OC)cc(c1OCCCCCCCC)C2. The second kappa shape index (κ2) is 33.7. The van der Waals surface area contributed by atoms with Crippen LogP contribution in [0.2, 0.25) is 0 Å². The average Bonchev–Trinajstić information content (AvgIpc) is 3.38. The molecular weight excluding hydrogens is 897 g/mol. The van der Waals surface area contributed by atoms with E-state index in [2.05, 4.69) is 64.1 Å². The standard InChI is InChI=1S/C64H92O8/c1-7-11-15-19-23-27-37-69-59-49-33-31-34-50(59)42-54-46-58(64(66)68-6)48-56(62(54)72-40-30-26-22-18-14-10-4)44-52-36-32-35-51(60(52)70-38-28-24-20-16-12-8-2)43-55-47-57(63(65)67-5)45-53(41-49)61(55)71-39-29-25-21-17-13-9-3/h31-36,45-48H,7-30,37-44H2,1-6H3. The molecule has 8 heteroatoms. The van der Waals surface area contributed by atoms with Gasteiger partial charge in [-0.1, -0.05) is 193 Å². The maximum Gasteiger partial charge on any atom is 0.337 e. The zero-order valence-corrected chi connectivity index (χ0v) is 45.7. The number of para-hydroxylation sites is 2. The van der Waals surface area contributed by atoms with Crippen LogP contribution in [-0.2, 0) is 35.2 Å². The Hall–Kier alpha value is -4.98. The molecule has 1 aliphatic carbocycles. The summed E-state index contributed by atoms with van der Waals surface area (Å²) in [6, 6.07) is 20.7. The number of benzene rings is 4. The number of esters is 2. The first kappa shape index (κ1) is 57.9. The van der Waals surface area contributed by atoms with Crippen molar-refractivity contribution < 1.29 is 38.0 Å². The molecule has 0 saturated carbocycles. The number of unbranched alkanes of at least 4 members (excludes halogenated alkanes) is 20. The number of carbonyl (C=O) groups excluding carboxylic acids is 2. The Bertz CT molecular complexity index is 1960. The van der Waals surface area contributed by atoms with Crippen molar-refractivity contribution in [3.8, 4) is 23.0 Å². The van der Waals surface area contributed by atoms with Gasteiger partial charge in [-0.3, -0.25) is 0 Å². The number of rotatable bonds is 34. The van der Waals surface area contributed by atoms with E-state index in [4.69, 9.17) is 28.4 Å². The molecule has 4 aromatic carbocycles. The Morgan fingerprint density at radius 1 is 0.333 bits per heavy atom. The zero-order valence-electron chi connectivity index (χ0n) is 45.7. The second-order valence-electron chi connectivity index (χ2n) is 20.2. The summed E-state index contributed by atoms with van der Waals surface area (Å²) < 4.78 is 38.8. The summed E-state index contributed by atoms with van der Waals surface area (Å²) >= 11 is 0. The van der Waals surface area contributed by atoms with Crippen LogP contribution in [0.4, 0.5) is 0 Å². The van der Waals surface area contributed by atoms with E-state index in [0.29, 0.717) is 63.2 Å². The molecule has 1 aliphatic rings. The largest absolute Gasteiger partial charge is 0.493 e. The normalized spacial score (nSPS) is 12.1. The molecule has 0 amide bonds. The summed E-state index contributed by atoms with van der Waals surface area (Å²) in [5.74, 6) is 2.50. The molecule has 4 aromatic rings. The topological polar surface area (TPSA) is 89.5 Å². The number of hydrogen-bond acceptors (Lipinski definition) is 8. The number of ether oxygens (including phenoxy) is 6. The lowest BCUT2D eigenvalue weighted by molar-refractivity contribution is 0.0591. The number of methoxy groups -OCH3 is 2. The van der Waals surface area contributed by atoms with Gasteiger partial charge in [0.05, 0.1) is 51.8 Å². The van der Waals surface area contributed by atoms with E-state index in [0.717, 1.165) is 119 Å². The van der Waals surface area contributed by atoms with Gasteiger partial charge in [-0.15, -0.1) is 0 Å². The fourth-order valence-electron chi connectivity index (χ4n) is 10.1. The van der Waals surface area contributed by atoms with Gasteiger partial charge in [0, 0.05) is 25.7 Å². The highest BCUT2D eigenvalue weighted by Crippen LogP contribution is 2.40. The molecule has 5 rings (SSSR count). The Balaban J connectivity index is 1.71. The summed E-state index contributed by atoms with van der Waals surface area (Å²) in [6.45, 7) is 11.3. The molecule has 0 aromatic heterocycles. The lowest BCUT2D eigenvalue weighted by Gasteiger charge is -2.24. The molecule has 72 heavy (non-hydrogen) atoms. The van der Waals surface area contributed by atoms with E-state index in [1.54, 1.807) is 0 Å². The first-order chi connectivity index (χ1) is 35.3. The highest BCUT2D eigenvalue weighted by Gasteiger charge is 2.25. The first-order valence-electron chi connectivity index (χ1n) is 28.6. The smallest absolute Gasteiger partial charge is 0.337 e. The van der Waals surface area contributed by atoms with Gasteiger partial charge >= 0.3 is 11.9 Å². The minimum absolute atomic E-state index is 0.385. The molecule has 0 N–H and O–H groups in total. The van der Waals surface area contributed by atoms with Gasteiger partial charge in [-0.05, 0) is 94.5 Å². The third-order valence-electron chi connectivity index (χ3n) is 14.2. The van der Waals surface area contributed by atoms with Crippen molar-refractivity contribution in [3.63, 3.8) is 0 Å². The summed E-state index contributed by atoms with van der Waals surface area (Å²) in [7, 11) is 2.90. The quantitative estimate of drug-likeness (QED) is 0.0297. The van der Waals surface area contributed by atoms with Crippen LogP contribution in [0.5, 0.6) is 23.0 Å². The molecule has 8 nitrogen and oxygen atoms in total. The van der Waals surface area contributed by atoms with Crippen molar-refractivity contribution in [3.05, 3.63) is 116 Å². The highest BCUT2D eigenvalue weighted by atomic mass is 16.5. The fourth-order valence-corrected chi connectivity index (χ4v) is 10.1. The van der Waals surface area contributed by atoms with E-state index < -0.39 is 0 Å². The van der Waals surface area contributed by atoms with Crippen molar-refractivity contribution in [2.24, 2.45) is 0 Å². The number of fused-ring (bicyclic) bond motifs is 8. The summed E-state index contributed by atoms with van der Waals surface area (Å²) in [5, 5.41) is 0. The van der Waals surface area contributed by atoms with E-state index in [1.807, 2.05) is 24.3 Å². The predicted molar refractivity (Wildman–Crippen MR) is 295 cm³/mol. The monoisotopic (exact) mass is 989 g/mol. The number of hydrogen-bond donors (Lipinski definition) is 0. The van der Waals surface area contributed by atoms with Crippen LogP contribution >= 0.6 is 0 Å². The minimum atomic E-state index is -0.385. The third kappa shape index (κ3) is 18.8. The lowest BCUT2D eigenvalue weighted by Crippen LogP contribution is -2.13. The van der Waals surface area contributed by atoms with E-state index >= 15 is 0 Å². The Morgan fingerprint density at radius 2 is 0.556 bits per heavy atom. The molecule has 8 bridgehead atoms. The van der Waals surface area contributed by atoms with Crippen molar-refractivity contribution in [1.29, 1.82) is 0 Å². The van der Waals surface area contributed by atoms with Crippen molar-refractivity contribution in [2.75, 3.05) is 40.6 Å². The maximum absolute atomic E-state index is 13.7. The minimum Gasteiger partial charge on any atom is -0.493 e. The van der Waals surface area contributed by atoms with E-state index in [-0.39, 0.29) is 11.9 Å². The summed E-state index contributed by atoms with van der Waals surface area (Å²) in [5.41, 5.74) is 8.66. The van der Waals surface area contributed by atoms with Crippen molar-refractivity contribution in [1.82, 2.24) is 0 Å². The van der Waals surface area contributed by atoms with Gasteiger partial charge < -0.3 is 28.4 Å². The maximum atomic E-state index is 13.7. The van der Waals surface area contributed by atoms with Crippen LogP contribution < -0.4 is 18.9 Å². The van der Waals surface area contributed by atoms with E-state index in [1.165, 1.54) is 117 Å². The van der Waals surface area contributed by atoms with Crippen LogP contribution in [0, 0.1) is 0 Å². The van der Waals surface area contributed by atoms with Gasteiger partial charge in [0.25, 0.3) is 0 Å². The van der Waals surface area contributed by atoms with Crippen molar-refractivity contribution >= 4 is 11.9 Å². The molecule has 0 spiro atoms. The zero-order chi connectivity index (χ0) is 51.2. The lowest BCUT2D eigenvalue weighted by atomic mass is 9.89. The van der Waals surface area contributed by atoms with Gasteiger partial charge in [0.15, 0.2) is 0 Å². The van der Waals surface area contributed by atoms with Gasteiger partial charge in [0.1, 0.15) is 23.0 Å². The van der Waals surface area contributed by atoms with Crippen LogP contribution in [0.3, 0.4) is 0 Å².